The minimum absolute atomic E-state index is 0.127. The first-order chi connectivity index (χ1) is 18.1. The molecule has 8 heteroatoms. The van der Waals surface area contributed by atoms with Gasteiger partial charge in [-0.1, -0.05) is 36.0 Å². The third kappa shape index (κ3) is 4.24. The summed E-state index contributed by atoms with van der Waals surface area (Å²) in [5.41, 5.74) is 5.09. The van der Waals surface area contributed by atoms with Crippen molar-refractivity contribution < 1.29 is 9.84 Å². The Morgan fingerprint density at radius 2 is 1.78 bits per heavy atom. The fourth-order valence-corrected chi connectivity index (χ4v) is 7.27. The lowest BCUT2D eigenvalue weighted by atomic mass is 9.76. The van der Waals surface area contributed by atoms with E-state index in [1.165, 1.54) is 36.8 Å². The Morgan fingerprint density at radius 1 is 1.03 bits per heavy atom. The first kappa shape index (κ1) is 23.3. The second-order valence-corrected chi connectivity index (χ2v) is 12.3. The van der Waals surface area contributed by atoms with Gasteiger partial charge in [0.05, 0.1) is 23.8 Å². The SMILES string of the molecule is Cc1nc(N2CCC3(CC2)Cc2ccccc2C3)c(CO)nc1Sc1ccnc2c1OCCC1(CC1)N2. The van der Waals surface area contributed by atoms with Crippen molar-refractivity contribution in [2.45, 2.75) is 73.9 Å². The van der Waals surface area contributed by atoms with Crippen molar-refractivity contribution in [2.75, 3.05) is 29.9 Å². The highest BCUT2D eigenvalue weighted by Crippen LogP contribution is 2.49. The second kappa shape index (κ2) is 8.88. The van der Waals surface area contributed by atoms with Crippen LogP contribution in [-0.2, 0) is 19.4 Å². The van der Waals surface area contributed by atoms with Gasteiger partial charge in [0.15, 0.2) is 17.4 Å². The van der Waals surface area contributed by atoms with Crippen LogP contribution in [0.25, 0.3) is 0 Å². The van der Waals surface area contributed by atoms with E-state index in [1.807, 2.05) is 19.2 Å². The quantitative estimate of drug-likeness (QED) is 0.506. The van der Waals surface area contributed by atoms with Crippen molar-refractivity contribution in [3.8, 4) is 5.75 Å². The summed E-state index contributed by atoms with van der Waals surface area (Å²) in [6.07, 6.45) is 9.80. The number of rotatable bonds is 4. The Morgan fingerprint density at radius 3 is 2.49 bits per heavy atom. The third-order valence-corrected chi connectivity index (χ3v) is 9.86. The zero-order valence-corrected chi connectivity index (χ0v) is 22.1. The van der Waals surface area contributed by atoms with Crippen LogP contribution in [0.1, 0.15) is 54.6 Å². The van der Waals surface area contributed by atoms with Gasteiger partial charge >= 0.3 is 0 Å². The van der Waals surface area contributed by atoms with Gasteiger partial charge in [-0.05, 0) is 68.1 Å². The van der Waals surface area contributed by atoms with E-state index in [0.29, 0.717) is 17.7 Å². The van der Waals surface area contributed by atoms with Crippen LogP contribution in [0.4, 0.5) is 11.6 Å². The lowest BCUT2D eigenvalue weighted by Gasteiger charge is -2.40. The van der Waals surface area contributed by atoms with Gasteiger partial charge in [-0.2, -0.15) is 0 Å². The average molecular weight is 516 g/mol. The van der Waals surface area contributed by atoms with Gasteiger partial charge in [0.1, 0.15) is 10.7 Å². The molecule has 2 N–H and O–H groups in total. The number of hydrogen-bond donors (Lipinski definition) is 2. The maximum absolute atomic E-state index is 10.3. The van der Waals surface area contributed by atoms with Crippen LogP contribution in [0.15, 0.2) is 46.5 Å². The Bertz CT molecular complexity index is 1320. The van der Waals surface area contributed by atoms with E-state index in [-0.39, 0.29) is 12.1 Å². The average Bonchev–Trinajstić information content (AvgIpc) is 3.62. The molecule has 3 aromatic rings. The van der Waals surface area contributed by atoms with Crippen molar-refractivity contribution in [1.29, 1.82) is 0 Å². The van der Waals surface area contributed by atoms with E-state index < -0.39 is 0 Å². The summed E-state index contributed by atoms with van der Waals surface area (Å²) < 4.78 is 6.16. The van der Waals surface area contributed by atoms with E-state index in [0.717, 1.165) is 65.4 Å². The lowest BCUT2D eigenvalue weighted by molar-refractivity contribution is 0.230. The molecule has 2 aliphatic heterocycles. The molecule has 0 atom stereocenters. The smallest absolute Gasteiger partial charge is 0.175 e. The number of pyridine rings is 1. The molecule has 1 saturated carbocycles. The van der Waals surface area contributed by atoms with Gasteiger partial charge in [-0.3, -0.25) is 0 Å². The van der Waals surface area contributed by atoms with Crippen LogP contribution in [0.2, 0.25) is 0 Å². The maximum Gasteiger partial charge on any atom is 0.175 e. The van der Waals surface area contributed by atoms with Crippen molar-refractivity contribution in [3.05, 3.63) is 59.0 Å². The zero-order chi connectivity index (χ0) is 25.0. The fourth-order valence-electron chi connectivity index (χ4n) is 6.33. The number of ether oxygens (including phenoxy) is 1. The number of aryl methyl sites for hydroxylation is 1. The standard InChI is InChI=1S/C29H33N5O2S/c1-19-27(37-23-6-12-30-25-24(23)36-15-11-29(33-25)7-8-29)32-22(18-35)26(31-19)34-13-9-28(10-14-34)16-20-4-2-3-5-21(20)17-28/h2-6,12,35H,7-11,13-18H2,1H3,(H,30,33). The van der Waals surface area contributed by atoms with Crippen LogP contribution < -0.4 is 15.0 Å². The van der Waals surface area contributed by atoms with E-state index >= 15 is 0 Å². The van der Waals surface area contributed by atoms with Crippen molar-refractivity contribution in [3.63, 3.8) is 0 Å². The van der Waals surface area contributed by atoms with E-state index in [4.69, 9.17) is 14.7 Å². The maximum atomic E-state index is 10.3. The number of aromatic nitrogens is 3. The normalized spacial score (nSPS) is 20.6. The monoisotopic (exact) mass is 515 g/mol. The summed E-state index contributed by atoms with van der Waals surface area (Å²) >= 11 is 1.54. The molecule has 192 valence electrons. The topological polar surface area (TPSA) is 83.4 Å². The number of nitrogens with one attached hydrogen (secondary N) is 1. The number of fused-ring (bicyclic) bond motifs is 2. The predicted octanol–water partition coefficient (Wildman–Crippen LogP) is 4.94. The van der Waals surface area contributed by atoms with Gasteiger partial charge in [0.25, 0.3) is 0 Å². The first-order valence-electron chi connectivity index (χ1n) is 13.4. The van der Waals surface area contributed by atoms with Crippen molar-refractivity contribution in [1.82, 2.24) is 15.0 Å². The number of nitrogens with zero attached hydrogens (tertiary/aromatic N) is 4. The molecule has 4 heterocycles. The summed E-state index contributed by atoms with van der Waals surface area (Å²) in [5.74, 6) is 2.45. The fraction of sp³-hybridized carbons (Fsp3) is 0.483. The van der Waals surface area contributed by atoms with Crippen molar-refractivity contribution in [2.24, 2.45) is 5.41 Å². The summed E-state index contributed by atoms with van der Waals surface area (Å²) in [6, 6.07) is 10.9. The Hall–Kier alpha value is -2.84. The van der Waals surface area contributed by atoms with Gasteiger partial charge in [-0.15, -0.1) is 0 Å². The minimum atomic E-state index is -0.127. The van der Waals surface area contributed by atoms with Gasteiger partial charge in [0, 0.05) is 31.2 Å². The van der Waals surface area contributed by atoms with Crippen LogP contribution in [0.5, 0.6) is 5.75 Å². The molecular formula is C29H33N5O2S. The highest BCUT2D eigenvalue weighted by atomic mass is 32.2. The Labute approximate surface area is 222 Å². The van der Waals surface area contributed by atoms with E-state index in [2.05, 4.69) is 39.5 Å². The summed E-state index contributed by atoms with van der Waals surface area (Å²) in [4.78, 5) is 17.8. The summed E-state index contributed by atoms with van der Waals surface area (Å²) in [6.45, 7) is 4.46. The second-order valence-electron chi connectivity index (χ2n) is 11.2. The molecule has 2 aliphatic carbocycles. The molecule has 2 fully saturated rings. The van der Waals surface area contributed by atoms with Crippen LogP contribution in [-0.4, -0.2) is 45.3 Å². The highest BCUT2D eigenvalue weighted by molar-refractivity contribution is 7.99. The highest BCUT2D eigenvalue weighted by Gasteiger charge is 2.45. The molecule has 7 rings (SSSR count). The number of anilines is 2. The zero-order valence-electron chi connectivity index (χ0n) is 21.3. The number of hydrogen-bond acceptors (Lipinski definition) is 8. The van der Waals surface area contributed by atoms with Gasteiger partial charge < -0.3 is 20.1 Å². The van der Waals surface area contributed by atoms with Crippen LogP contribution in [0.3, 0.4) is 0 Å². The van der Waals surface area contributed by atoms with E-state index in [9.17, 15) is 5.11 Å². The predicted molar refractivity (Wildman–Crippen MR) is 144 cm³/mol. The Balaban J connectivity index is 1.10. The third-order valence-electron chi connectivity index (χ3n) is 8.74. The molecule has 0 unspecified atom stereocenters. The minimum Gasteiger partial charge on any atom is -0.488 e. The molecule has 2 spiro atoms. The number of aliphatic hydroxyl groups excluding tert-OH is 1. The van der Waals surface area contributed by atoms with Crippen molar-refractivity contribution >= 4 is 23.4 Å². The molecule has 0 radical (unpaired) electrons. The summed E-state index contributed by atoms with van der Waals surface area (Å²) in [7, 11) is 0. The largest absolute Gasteiger partial charge is 0.488 e. The Kier molecular flexibility index (Phi) is 5.59. The van der Waals surface area contributed by atoms with Crippen LogP contribution >= 0.6 is 11.8 Å². The molecule has 7 nitrogen and oxygen atoms in total. The molecule has 1 aromatic carbocycles. The van der Waals surface area contributed by atoms with Gasteiger partial charge in [0.2, 0.25) is 0 Å². The summed E-state index contributed by atoms with van der Waals surface area (Å²) in [5, 5.41) is 14.7. The molecule has 1 saturated heterocycles. The van der Waals surface area contributed by atoms with Crippen LogP contribution in [0, 0.1) is 12.3 Å². The molecular weight excluding hydrogens is 482 g/mol. The number of aliphatic hydroxyl groups is 1. The molecule has 0 bridgehead atoms. The first-order valence-corrected chi connectivity index (χ1v) is 14.3. The number of piperidine rings is 1. The number of benzene rings is 1. The van der Waals surface area contributed by atoms with E-state index in [1.54, 1.807) is 11.8 Å². The molecule has 37 heavy (non-hydrogen) atoms. The molecule has 0 amide bonds. The van der Waals surface area contributed by atoms with Gasteiger partial charge in [-0.25, -0.2) is 15.0 Å². The molecule has 4 aliphatic rings. The molecule has 2 aromatic heterocycles. The lowest BCUT2D eigenvalue weighted by Crippen LogP contribution is -2.41.